The van der Waals surface area contributed by atoms with Crippen molar-refractivity contribution in [1.29, 1.82) is 0 Å². The molecule has 24 heavy (non-hydrogen) atoms. The summed E-state index contributed by atoms with van der Waals surface area (Å²) in [6.07, 6.45) is 10.0. The van der Waals surface area contributed by atoms with Crippen LogP contribution in [0.1, 0.15) is 77.6 Å². The lowest BCUT2D eigenvalue weighted by Gasteiger charge is -2.37. The number of unbranched alkanes of at least 4 members (excludes halogenated alkanes) is 1. The number of ether oxygens (including phenoxy) is 1. The smallest absolute Gasteiger partial charge is 0.141 e. The Morgan fingerprint density at radius 3 is 2.71 bits per heavy atom. The molecule has 0 N–H and O–H groups in total. The largest absolute Gasteiger partial charge is 0.374 e. The first kappa shape index (κ1) is 17.9. The SMILES string of the molecule is CCCCN(C)Cc1ncnn1C1CCC2(CC1)CC(C)(C)CO2. The zero-order chi connectivity index (χ0) is 17.2. The lowest BCUT2D eigenvalue weighted by atomic mass is 9.75. The van der Waals surface area contributed by atoms with Gasteiger partial charge in [-0.05, 0) is 57.5 Å². The minimum Gasteiger partial charge on any atom is -0.374 e. The second-order valence-electron chi connectivity index (χ2n) is 8.76. The summed E-state index contributed by atoms with van der Waals surface area (Å²) in [7, 11) is 2.18. The van der Waals surface area contributed by atoms with E-state index in [4.69, 9.17) is 4.74 Å². The fourth-order valence-electron chi connectivity index (χ4n) is 4.46. The van der Waals surface area contributed by atoms with E-state index < -0.39 is 0 Å². The Kier molecular flexibility index (Phi) is 5.30. The maximum atomic E-state index is 6.25. The van der Waals surface area contributed by atoms with Crippen molar-refractivity contribution < 1.29 is 4.74 Å². The lowest BCUT2D eigenvalue weighted by molar-refractivity contribution is -0.0354. The minimum atomic E-state index is 0.138. The molecule has 1 aliphatic heterocycles. The van der Waals surface area contributed by atoms with E-state index in [9.17, 15) is 0 Å². The molecule has 2 heterocycles. The van der Waals surface area contributed by atoms with Gasteiger partial charge >= 0.3 is 0 Å². The molecule has 0 aromatic carbocycles. The van der Waals surface area contributed by atoms with Crippen LogP contribution in [0.15, 0.2) is 6.33 Å². The van der Waals surface area contributed by atoms with Crippen LogP contribution in [0, 0.1) is 5.41 Å². The summed E-state index contributed by atoms with van der Waals surface area (Å²) in [5.41, 5.74) is 0.478. The Balaban J connectivity index is 1.58. The third-order valence-electron chi connectivity index (χ3n) is 5.73. The predicted octanol–water partition coefficient (Wildman–Crippen LogP) is 3.81. The molecule has 1 saturated heterocycles. The molecule has 1 spiro atoms. The second-order valence-corrected chi connectivity index (χ2v) is 8.76. The van der Waals surface area contributed by atoms with Crippen LogP contribution in [0.5, 0.6) is 0 Å². The standard InChI is InChI=1S/C19H34N4O/c1-5-6-11-22(4)12-17-20-15-21-23(17)16-7-9-19(10-8-16)13-18(2,3)14-24-19/h15-16H,5-14H2,1-4H3. The van der Waals surface area contributed by atoms with Crippen LogP contribution in [0.25, 0.3) is 0 Å². The van der Waals surface area contributed by atoms with Gasteiger partial charge in [0.2, 0.25) is 0 Å². The van der Waals surface area contributed by atoms with Gasteiger partial charge in [-0.3, -0.25) is 4.90 Å². The molecule has 1 saturated carbocycles. The normalized spacial score (nSPS) is 29.6. The zero-order valence-electron chi connectivity index (χ0n) is 15.9. The van der Waals surface area contributed by atoms with E-state index in [1.54, 1.807) is 6.33 Å². The molecule has 0 unspecified atom stereocenters. The van der Waals surface area contributed by atoms with Crippen molar-refractivity contribution in [2.45, 2.75) is 83.9 Å². The first-order valence-electron chi connectivity index (χ1n) is 9.64. The van der Waals surface area contributed by atoms with Gasteiger partial charge in [-0.25, -0.2) is 9.67 Å². The Morgan fingerprint density at radius 2 is 2.08 bits per heavy atom. The van der Waals surface area contributed by atoms with Crippen molar-refractivity contribution in [3.63, 3.8) is 0 Å². The van der Waals surface area contributed by atoms with E-state index in [2.05, 4.69) is 47.5 Å². The summed E-state index contributed by atoms with van der Waals surface area (Å²) in [4.78, 5) is 6.89. The highest BCUT2D eigenvalue weighted by Crippen LogP contribution is 2.48. The first-order valence-corrected chi connectivity index (χ1v) is 9.64. The van der Waals surface area contributed by atoms with Gasteiger partial charge in [-0.1, -0.05) is 27.2 Å². The van der Waals surface area contributed by atoms with Crippen molar-refractivity contribution >= 4 is 0 Å². The van der Waals surface area contributed by atoms with Gasteiger partial charge in [0.05, 0.1) is 24.8 Å². The molecule has 136 valence electrons. The zero-order valence-corrected chi connectivity index (χ0v) is 15.9. The van der Waals surface area contributed by atoms with Crippen molar-refractivity contribution in [3.05, 3.63) is 12.2 Å². The van der Waals surface area contributed by atoms with Gasteiger partial charge in [0.1, 0.15) is 12.2 Å². The van der Waals surface area contributed by atoms with E-state index >= 15 is 0 Å². The van der Waals surface area contributed by atoms with Gasteiger partial charge in [0.25, 0.3) is 0 Å². The molecule has 0 radical (unpaired) electrons. The number of aromatic nitrogens is 3. The minimum absolute atomic E-state index is 0.138. The maximum absolute atomic E-state index is 6.25. The van der Waals surface area contributed by atoms with Gasteiger partial charge in [0, 0.05) is 0 Å². The number of hydrogen-bond donors (Lipinski definition) is 0. The third-order valence-corrected chi connectivity index (χ3v) is 5.73. The molecule has 0 bridgehead atoms. The fraction of sp³-hybridized carbons (Fsp3) is 0.895. The topological polar surface area (TPSA) is 43.2 Å². The van der Waals surface area contributed by atoms with Crippen molar-refractivity contribution in [1.82, 2.24) is 19.7 Å². The van der Waals surface area contributed by atoms with E-state index in [0.717, 1.165) is 51.2 Å². The second kappa shape index (κ2) is 7.12. The average Bonchev–Trinajstić information content (AvgIpc) is 3.11. The highest BCUT2D eigenvalue weighted by atomic mass is 16.5. The molecule has 2 fully saturated rings. The van der Waals surface area contributed by atoms with Crippen LogP contribution in [0.4, 0.5) is 0 Å². The Morgan fingerprint density at radius 1 is 1.33 bits per heavy atom. The maximum Gasteiger partial charge on any atom is 0.141 e. The average molecular weight is 335 g/mol. The summed E-state index contributed by atoms with van der Waals surface area (Å²) in [6, 6.07) is 0.486. The van der Waals surface area contributed by atoms with E-state index in [-0.39, 0.29) is 5.60 Å². The van der Waals surface area contributed by atoms with Gasteiger partial charge in [-0.15, -0.1) is 0 Å². The van der Waals surface area contributed by atoms with Crippen LogP contribution in [0.3, 0.4) is 0 Å². The van der Waals surface area contributed by atoms with E-state index in [1.165, 1.54) is 19.3 Å². The molecule has 0 atom stereocenters. The van der Waals surface area contributed by atoms with Crippen LogP contribution < -0.4 is 0 Å². The van der Waals surface area contributed by atoms with Crippen LogP contribution in [-0.2, 0) is 11.3 Å². The number of nitrogens with zero attached hydrogens (tertiary/aromatic N) is 4. The summed E-state index contributed by atoms with van der Waals surface area (Å²) in [5.74, 6) is 1.11. The lowest BCUT2D eigenvalue weighted by Crippen LogP contribution is -2.35. The highest BCUT2D eigenvalue weighted by molar-refractivity contribution is 4.99. The summed E-state index contributed by atoms with van der Waals surface area (Å²) < 4.78 is 8.44. The van der Waals surface area contributed by atoms with E-state index in [0.29, 0.717) is 11.5 Å². The predicted molar refractivity (Wildman–Crippen MR) is 95.9 cm³/mol. The molecule has 2 aliphatic rings. The monoisotopic (exact) mass is 334 g/mol. The molecule has 3 rings (SSSR count). The van der Waals surface area contributed by atoms with Crippen molar-refractivity contribution in [2.75, 3.05) is 20.2 Å². The summed E-state index contributed by atoms with van der Waals surface area (Å²) in [5, 5.41) is 4.55. The fourth-order valence-corrected chi connectivity index (χ4v) is 4.46. The van der Waals surface area contributed by atoms with Gasteiger partial charge < -0.3 is 4.74 Å². The summed E-state index contributed by atoms with van der Waals surface area (Å²) in [6.45, 7) is 9.82. The van der Waals surface area contributed by atoms with Gasteiger partial charge in [0.15, 0.2) is 0 Å². The molecule has 0 amide bonds. The molecule has 1 aliphatic carbocycles. The summed E-state index contributed by atoms with van der Waals surface area (Å²) >= 11 is 0. The van der Waals surface area contributed by atoms with E-state index in [1.807, 2.05) is 0 Å². The highest BCUT2D eigenvalue weighted by Gasteiger charge is 2.46. The molecular weight excluding hydrogens is 300 g/mol. The Labute approximate surface area is 146 Å². The molecule has 1 aromatic heterocycles. The molecule has 5 nitrogen and oxygen atoms in total. The molecule has 1 aromatic rings. The van der Waals surface area contributed by atoms with Crippen LogP contribution in [0.2, 0.25) is 0 Å². The quantitative estimate of drug-likeness (QED) is 0.793. The third kappa shape index (κ3) is 3.99. The van der Waals surface area contributed by atoms with Crippen LogP contribution in [-0.4, -0.2) is 45.5 Å². The first-order chi connectivity index (χ1) is 11.4. The Bertz CT molecular complexity index is 531. The van der Waals surface area contributed by atoms with Crippen molar-refractivity contribution in [2.24, 2.45) is 5.41 Å². The number of rotatable bonds is 6. The molecule has 5 heteroatoms. The molecular formula is C19H34N4O. The number of hydrogen-bond acceptors (Lipinski definition) is 4. The Hall–Kier alpha value is -0.940. The van der Waals surface area contributed by atoms with Gasteiger partial charge in [-0.2, -0.15) is 5.10 Å². The van der Waals surface area contributed by atoms with Crippen LogP contribution >= 0.6 is 0 Å². The van der Waals surface area contributed by atoms with Crippen molar-refractivity contribution in [3.8, 4) is 0 Å².